The van der Waals surface area contributed by atoms with Crippen molar-refractivity contribution in [3.05, 3.63) is 82.5 Å². The van der Waals surface area contributed by atoms with E-state index in [4.69, 9.17) is 10.7 Å². The van der Waals surface area contributed by atoms with E-state index in [0.717, 1.165) is 0 Å². The van der Waals surface area contributed by atoms with Gasteiger partial charge in [-0.2, -0.15) is 4.80 Å². The zero-order valence-corrected chi connectivity index (χ0v) is 21.0. The molecule has 0 radical (unpaired) electrons. The zero-order chi connectivity index (χ0) is 26.8. The van der Waals surface area contributed by atoms with E-state index in [-0.39, 0.29) is 5.56 Å². The number of hydrogen-bond acceptors (Lipinski definition) is 9. The van der Waals surface area contributed by atoms with Gasteiger partial charge in [0.25, 0.3) is 5.56 Å². The third kappa shape index (κ3) is 4.68. The molecule has 1 unspecified atom stereocenters. The van der Waals surface area contributed by atoms with Crippen LogP contribution in [0.4, 0.5) is 11.5 Å². The molecule has 4 N–H and O–H groups in total. The Hall–Kier alpha value is -5.08. The topological polar surface area (TPSA) is 150 Å². The van der Waals surface area contributed by atoms with Gasteiger partial charge in [0.05, 0.1) is 35.2 Å². The molecular weight excluding hydrogens is 482 g/mol. The van der Waals surface area contributed by atoms with Crippen molar-refractivity contribution in [2.75, 3.05) is 11.1 Å². The van der Waals surface area contributed by atoms with Crippen LogP contribution in [-0.4, -0.2) is 46.0 Å². The summed E-state index contributed by atoms with van der Waals surface area (Å²) in [5, 5.41) is 25.6. The van der Waals surface area contributed by atoms with Gasteiger partial charge in [-0.25, -0.2) is 9.97 Å². The summed E-state index contributed by atoms with van der Waals surface area (Å²) in [6, 6.07) is 15.7. The number of aryl methyl sites for hydroxylation is 1. The predicted octanol–water partition coefficient (Wildman–Crippen LogP) is 2.46. The fourth-order valence-electron chi connectivity index (χ4n) is 4.13. The summed E-state index contributed by atoms with van der Waals surface area (Å²) >= 11 is 0. The van der Waals surface area contributed by atoms with Crippen molar-refractivity contribution in [3.63, 3.8) is 0 Å². The van der Waals surface area contributed by atoms with Gasteiger partial charge in [-0.1, -0.05) is 36.1 Å². The summed E-state index contributed by atoms with van der Waals surface area (Å²) in [4.78, 5) is 24.7. The van der Waals surface area contributed by atoms with Crippen molar-refractivity contribution in [2.24, 2.45) is 7.05 Å². The number of para-hydroxylation sites is 1. The molecule has 3 aromatic heterocycles. The van der Waals surface area contributed by atoms with Gasteiger partial charge in [-0.3, -0.25) is 9.36 Å². The molecule has 2 aromatic carbocycles. The Morgan fingerprint density at radius 3 is 2.58 bits per heavy atom. The molecule has 0 aliphatic heterocycles. The van der Waals surface area contributed by atoms with E-state index in [2.05, 4.69) is 37.6 Å². The number of pyridine rings is 1. The molecule has 0 amide bonds. The van der Waals surface area contributed by atoms with E-state index in [1.165, 1.54) is 4.80 Å². The van der Waals surface area contributed by atoms with Crippen molar-refractivity contribution in [1.29, 1.82) is 0 Å². The summed E-state index contributed by atoms with van der Waals surface area (Å²) in [5.74, 6) is 6.83. The molecule has 3 heterocycles. The monoisotopic (exact) mass is 507 g/mol. The Kier molecular flexibility index (Phi) is 6.55. The molecule has 190 valence electrons. The second-order valence-electron chi connectivity index (χ2n) is 8.68. The minimum atomic E-state index is -0.832. The quantitative estimate of drug-likeness (QED) is 0.305. The number of aliphatic hydroxyl groups excluding tert-OH is 1. The number of aromatic nitrogens is 7. The summed E-state index contributed by atoms with van der Waals surface area (Å²) in [5.41, 5.74) is 8.53. The highest BCUT2D eigenvalue weighted by Crippen LogP contribution is 2.31. The molecule has 0 bridgehead atoms. The van der Waals surface area contributed by atoms with Gasteiger partial charge < -0.3 is 16.2 Å². The number of benzene rings is 2. The number of nitrogens with two attached hydrogens (primary N) is 1. The lowest BCUT2D eigenvalue weighted by atomic mass is 10.1. The third-order valence-electron chi connectivity index (χ3n) is 5.81. The molecule has 0 aliphatic carbocycles. The number of aliphatic hydroxyl groups is 1. The van der Waals surface area contributed by atoms with Crippen molar-refractivity contribution in [3.8, 4) is 28.9 Å². The SMILES string of the molecule is CC(O)C#Cc1cccc2nc([C@H](C)Nc3nccc(N)c3-c3nnn(C)n3)n(-c3ccccc3)c(=O)c12. The van der Waals surface area contributed by atoms with Crippen LogP contribution in [-0.2, 0) is 7.05 Å². The molecule has 5 rings (SSSR count). The molecular formula is C27H25N9O2. The van der Waals surface area contributed by atoms with Gasteiger partial charge in [0.15, 0.2) is 0 Å². The highest BCUT2D eigenvalue weighted by Gasteiger charge is 2.22. The van der Waals surface area contributed by atoms with Crippen molar-refractivity contribution < 1.29 is 5.11 Å². The minimum absolute atomic E-state index is 0.281. The van der Waals surface area contributed by atoms with Crippen molar-refractivity contribution >= 4 is 22.4 Å². The number of nitrogens with zero attached hydrogens (tertiary/aromatic N) is 7. The van der Waals surface area contributed by atoms with Gasteiger partial charge in [0.2, 0.25) is 5.82 Å². The van der Waals surface area contributed by atoms with Crippen molar-refractivity contribution in [1.82, 2.24) is 34.7 Å². The van der Waals surface area contributed by atoms with Crippen LogP contribution >= 0.6 is 0 Å². The van der Waals surface area contributed by atoms with Crippen LogP contribution in [0.1, 0.15) is 31.3 Å². The molecule has 2 atom stereocenters. The summed E-state index contributed by atoms with van der Waals surface area (Å²) in [7, 11) is 1.66. The highest BCUT2D eigenvalue weighted by atomic mass is 16.3. The fraction of sp³-hybridized carbons (Fsp3) is 0.185. The first-order valence-electron chi connectivity index (χ1n) is 11.9. The zero-order valence-electron chi connectivity index (χ0n) is 21.0. The number of fused-ring (bicyclic) bond motifs is 1. The van der Waals surface area contributed by atoms with E-state index >= 15 is 0 Å². The Labute approximate surface area is 218 Å². The van der Waals surface area contributed by atoms with Crippen LogP contribution in [0.2, 0.25) is 0 Å². The highest BCUT2D eigenvalue weighted by molar-refractivity contribution is 5.85. The lowest BCUT2D eigenvalue weighted by molar-refractivity contribution is 0.253. The second kappa shape index (κ2) is 10.1. The standard InChI is InChI=1S/C27H25N9O2/c1-16(37)12-13-18-8-7-11-21-22(18)27(38)36(19-9-5-4-6-10-19)26(31-21)17(2)30-24-23(20(28)14-15-29-24)25-32-34-35(3)33-25/h4-11,14-17,37H,1-3H3,(H3,28,29,30)/t16?,17-/m0/s1. The Balaban J connectivity index is 1.69. The van der Waals surface area contributed by atoms with Gasteiger partial charge in [0, 0.05) is 17.4 Å². The van der Waals surface area contributed by atoms with Gasteiger partial charge in [-0.15, -0.1) is 10.2 Å². The summed E-state index contributed by atoms with van der Waals surface area (Å²) in [6.45, 7) is 3.45. The maximum Gasteiger partial charge on any atom is 0.267 e. The predicted molar refractivity (Wildman–Crippen MR) is 144 cm³/mol. The minimum Gasteiger partial charge on any atom is -0.398 e. The van der Waals surface area contributed by atoms with Gasteiger partial charge in [-0.05, 0) is 49.4 Å². The molecule has 0 fully saturated rings. The number of rotatable bonds is 5. The maximum absolute atomic E-state index is 14.0. The van der Waals surface area contributed by atoms with Crippen LogP contribution < -0.4 is 16.6 Å². The number of tetrazole rings is 1. The smallest absolute Gasteiger partial charge is 0.267 e. The fourth-order valence-corrected chi connectivity index (χ4v) is 4.13. The first-order chi connectivity index (χ1) is 18.3. The first-order valence-corrected chi connectivity index (χ1v) is 11.9. The molecule has 0 spiro atoms. The van der Waals surface area contributed by atoms with E-state index in [9.17, 15) is 9.90 Å². The summed E-state index contributed by atoms with van der Waals surface area (Å²) < 4.78 is 1.56. The summed E-state index contributed by atoms with van der Waals surface area (Å²) in [6.07, 6.45) is 0.747. The number of nitrogens with one attached hydrogen (secondary N) is 1. The van der Waals surface area contributed by atoms with Gasteiger partial charge >= 0.3 is 0 Å². The van der Waals surface area contributed by atoms with Crippen LogP contribution in [0.25, 0.3) is 28.0 Å². The van der Waals surface area contributed by atoms with Crippen molar-refractivity contribution in [2.45, 2.75) is 26.0 Å². The average Bonchev–Trinajstić information content (AvgIpc) is 3.33. The molecule has 11 nitrogen and oxygen atoms in total. The largest absolute Gasteiger partial charge is 0.398 e. The number of hydrogen-bond donors (Lipinski definition) is 3. The van der Waals surface area contributed by atoms with E-state index in [1.54, 1.807) is 49.0 Å². The third-order valence-corrected chi connectivity index (χ3v) is 5.81. The van der Waals surface area contributed by atoms with Crippen LogP contribution in [0.5, 0.6) is 0 Å². The average molecular weight is 508 g/mol. The van der Waals surface area contributed by atoms with Crippen LogP contribution in [0, 0.1) is 11.8 Å². The Morgan fingerprint density at radius 1 is 1.08 bits per heavy atom. The van der Waals surface area contributed by atoms with E-state index in [1.807, 2.05) is 37.3 Å². The molecule has 5 aromatic rings. The Bertz CT molecular complexity index is 1750. The van der Waals surface area contributed by atoms with E-state index in [0.29, 0.717) is 50.9 Å². The Morgan fingerprint density at radius 2 is 1.87 bits per heavy atom. The van der Waals surface area contributed by atoms with E-state index < -0.39 is 12.1 Å². The molecule has 38 heavy (non-hydrogen) atoms. The lowest BCUT2D eigenvalue weighted by Gasteiger charge is -2.21. The lowest BCUT2D eigenvalue weighted by Crippen LogP contribution is -2.28. The molecule has 0 saturated carbocycles. The van der Waals surface area contributed by atoms with Crippen LogP contribution in [0.15, 0.2) is 65.6 Å². The molecule has 0 saturated heterocycles. The first kappa shape index (κ1) is 24.6. The maximum atomic E-state index is 14.0. The van der Waals surface area contributed by atoms with Gasteiger partial charge in [0.1, 0.15) is 17.7 Å². The molecule has 0 aliphatic rings. The normalized spacial score (nSPS) is 12.5. The molecule has 11 heteroatoms. The number of nitrogen functional groups attached to an aromatic ring is 1. The number of anilines is 2. The van der Waals surface area contributed by atoms with Crippen LogP contribution in [0.3, 0.4) is 0 Å². The second-order valence-corrected chi connectivity index (χ2v) is 8.68.